The predicted octanol–water partition coefficient (Wildman–Crippen LogP) is 3.91. The van der Waals surface area contributed by atoms with E-state index in [2.05, 4.69) is 26.2 Å². The lowest BCUT2D eigenvalue weighted by Crippen LogP contribution is -1.98. The van der Waals surface area contributed by atoms with Gasteiger partial charge in [0.15, 0.2) is 0 Å². The Morgan fingerprint density at radius 3 is 2.89 bits per heavy atom. The summed E-state index contributed by atoms with van der Waals surface area (Å²) in [5, 5.41) is 12.0. The zero-order valence-electron chi connectivity index (χ0n) is 9.54. The molecule has 0 aliphatic rings. The van der Waals surface area contributed by atoms with E-state index in [0.717, 1.165) is 10.0 Å². The Hall–Kier alpha value is -1.93. The van der Waals surface area contributed by atoms with Crippen molar-refractivity contribution in [3.63, 3.8) is 0 Å². The maximum absolute atomic E-state index is 13.0. The Bertz CT molecular complexity index is 635. The van der Waals surface area contributed by atoms with E-state index in [1.807, 2.05) is 19.1 Å². The third kappa shape index (κ3) is 2.49. The summed E-state index contributed by atoms with van der Waals surface area (Å²) in [7, 11) is 0. The number of nitrogens with one attached hydrogen (secondary N) is 1. The third-order valence-corrected chi connectivity index (χ3v) is 3.44. The molecule has 0 bridgehead atoms. The van der Waals surface area contributed by atoms with Gasteiger partial charge >= 0.3 is 0 Å². The SMILES string of the molecule is Cc1ccnc(Nc2ccc(F)cc2C#N)c1Br. The van der Waals surface area contributed by atoms with Gasteiger partial charge in [0.2, 0.25) is 0 Å². The minimum Gasteiger partial charge on any atom is -0.338 e. The molecule has 0 fully saturated rings. The molecular formula is C13H9BrFN3. The van der Waals surface area contributed by atoms with Gasteiger partial charge < -0.3 is 5.32 Å². The number of halogens is 2. The van der Waals surface area contributed by atoms with Crippen molar-refractivity contribution in [1.82, 2.24) is 4.98 Å². The lowest BCUT2D eigenvalue weighted by Gasteiger charge is -2.10. The van der Waals surface area contributed by atoms with Crippen molar-refractivity contribution in [3.05, 3.63) is 51.9 Å². The highest BCUT2D eigenvalue weighted by molar-refractivity contribution is 9.10. The summed E-state index contributed by atoms with van der Waals surface area (Å²) in [5.74, 6) is 0.159. The summed E-state index contributed by atoms with van der Waals surface area (Å²) in [5.41, 5.74) is 1.79. The van der Waals surface area contributed by atoms with Gasteiger partial charge in [-0.25, -0.2) is 9.37 Å². The average molecular weight is 306 g/mol. The van der Waals surface area contributed by atoms with Gasteiger partial charge in [-0.3, -0.25) is 0 Å². The maximum atomic E-state index is 13.0. The van der Waals surface area contributed by atoms with Crippen molar-refractivity contribution >= 4 is 27.4 Å². The van der Waals surface area contributed by atoms with Crippen molar-refractivity contribution < 1.29 is 4.39 Å². The monoisotopic (exact) mass is 305 g/mol. The van der Waals surface area contributed by atoms with Crippen LogP contribution in [-0.2, 0) is 0 Å². The summed E-state index contributed by atoms with van der Waals surface area (Å²) < 4.78 is 13.8. The molecule has 0 amide bonds. The van der Waals surface area contributed by atoms with Crippen LogP contribution in [0.2, 0.25) is 0 Å². The number of pyridine rings is 1. The molecular weight excluding hydrogens is 297 g/mol. The lowest BCUT2D eigenvalue weighted by atomic mass is 10.2. The van der Waals surface area contributed by atoms with Crippen LogP contribution in [0, 0.1) is 24.1 Å². The number of aryl methyl sites for hydroxylation is 1. The van der Waals surface area contributed by atoms with Gasteiger partial charge in [-0.15, -0.1) is 0 Å². The van der Waals surface area contributed by atoms with Crippen molar-refractivity contribution in [1.29, 1.82) is 5.26 Å². The van der Waals surface area contributed by atoms with E-state index >= 15 is 0 Å². The van der Waals surface area contributed by atoms with Crippen LogP contribution >= 0.6 is 15.9 Å². The molecule has 0 saturated carbocycles. The third-order valence-electron chi connectivity index (χ3n) is 2.44. The summed E-state index contributed by atoms with van der Waals surface area (Å²) in [6, 6.07) is 7.81. The molecule has 0 aliphatic heterocycles. The number of benzene rings is 1. The number of hydrogen-bond acceptors (Lipinski definition) is 3. The molecule has 0 saturated heterocycles. The molecule has 0 unspecified atom stereocenters. The highest BCUT2D eigenvalue weighted by atomic mass is 79.9. The summed E-state index contributed by atoms with van der Waals surface area (Å²) in [6.45, 7) is 1.94. The first-order valence-corrected chi connectivity index (χ1v) is 5.99. The first-order chi connectivity index (χ1) is 8.61. The highest BCUT2D eigenvalue weighted by Gasteiger charge is 2.08. The van der Waals surface area contributed by atoms with Crippen LogP contribution in [0.4, 0.5) is 15.9 Å². The fourth-order valence-corrected chi connectivity index (χ4v) is 1.81. The van der Waals surface area contributed by atoms with Crippen LogP contribution < -0.4 is 5.32 Å². The van der Waals surface area contributed by atoms with Gasteiger partial charge in [-0.2, -0.15) is 5.26 Å². The van der Waals surface area contributed by atoms with Crippen LogP contribution in [0.25, 0.3) is 0 Å². The van der Waals surface area contributed by atoms with Crippen molar-refractivity contribution in [2.75, 3.05) is 5.32 Å². The van der Waals surface area contributed by atoms with Gasteiger partial charge in [0.05, 0.1) is 15.7 Å². The second-order valence-electron chi connectivity index (χ2n) is 3.72. The first-order valence-electron chi connectivity index (χ1n) is 5.19. The maximum Gasteiger partial charge on any atom is 0.144 e. The molecule has 1 aromatic heterocycles. The van der Waals surface area contributed by atoms with Gasteiger partial charge in [-0.05, 0) is 52.7 Å². The Labute approximate surface area is 112 Å². The lowest BCUT2D eigenvalue weighted by molar-refractivity contribution is 0.627. The second-order valence-corrected chi connectivity index (χ2v) is 4.51. The predicted molar refractivity (Wildman–Crippen MR) is 71.1 cm³/mol. The first kappa shape index (κ1) is 12.5. The fraction of sp³-hybridized carbons (Fsp3) is 0.0769. The number of hydrogen-bond donors (Lipinski definition) is 1. The molecule has 0 spiro atoms. The minimum absolute atomic E-state index is 0.241. The number of rotatable bonds is 2. The summed E-state index contributed by atoms with van der Waals surface area (Å²) in [4.78, 5) is 4.17. The molecule has 18 heavy (non-hydrogen) atoms. The molecule has 2 rings (SSSR count). The molecule has 1 aromatic carbocycles. The molecule has 2 aromatic rings. The molecule has 5 heteroatoms. The van der Waals surface area contributed by atoms with Crippen LogP contribution in [-0.4, -0.2) is 4.98 Å². The Morgan fingerprint density at radius 1 is 1.39 bits per heavy atom. The standard InChI is InChI=1S/C13H9BrFN3/c1-8-4-5-17-13(12(8)14)18-11-3-2-10(15)6-9(11)7-16/h2-6H,1H3,(H,17,18). The zero-order chi connectivity index (χ0) is 13.1. The minimum atomic E-state index is -0.437. The van der Waals surface area contributed by atoms with E-state index < -0.39 is 5.82 Å². The highest BCUT2D eigenvalue weighted by Crippen LogP contribution is 2.28. The summed E-state index contributed by atoms with van der Waals surface area (Å²) >= 11 is 3.42. The average Bonchev–Trinajstić information content (AvgIpc) is 2.37. The van der Waals surface area contributed by atoms with Crippen LogP contribution in [0.15, 0.2) is 34.9 Å². The Morgan fingerprint density at radius 2 is 2.17 bits per heavy atom. The fourth-order valence-electron chi connectivity index (χ4n) is 1.47. The Balaban J connectivity index is 2.41. The smallest absolute Gasteiger partial charge is 0.144 e. The zero-order valence-corrected chi connectivity index (χ0v) is 11.1. The van der Waals surface area contributed by atoms with E-state index in [9.17, 15) is 4.39 Å². The summed E-state index contributed by atoms with van der Waals surface area (Å²) in [6.07, 6.45) is 1.66. The van der Waals surface area contributed by atoms with E-state index in [4.69, 9.17) is 5.26 Å². The van der Waals surface area contributed by atoms with E-state index in [-0.39, 0.29) is 5.56 Å². The van der Waals surface area contributed by atoms with Gasteiger partial charge in [0.25, 0.3) is 0 Å². The van der Waals surface area contributed by atoms with E-state index in [1.54, 1.807) is 6.20 Å². The van der Waals surface area contributed by atoms with Crippen LogP contribution in [0.3, 0.4) is 0 Å². The Kier molecular flexibility index (Phi) is 3.58. The van der Waals surface area contributed by atoms with Crippen LogP contribution in [0.5, 0.6) is 0 Å². The molecule has 0 aliphatic carbocycles. The van der Waals surface area contributed by atoms with Crippen molar-refractivity contribution in [3.8, 4) is 6.07 Å². The molecule has 90 valence electrons. The number of nitrogens with zero attached hydrogens (tertiary/aromatic N) is 2. The van der Waals surface area contributed by atoms with Gasteiger partial charge in [0.1, 0.15) is 17.7 Å². The number of nitriles is 1. The molecule has 0 atom stereocenters. The molecule has 1 heterocycles. The number of aromatic nitrogens is 1. The largest absolute Gasteiger partial charge is 0.338 e. The van der Waals surface area contributed by atoms with Crippen LogP contribution in [0.1, 0.15) is 11.1 Å². The molecule has 1 N–H and O–H groups in total. The number of anilines is 2. The van der Waals surface area contributed by atoms with Gasteiger partial charge in [0, 0.05) is 6.20 Å². The van der Waals surface area contributed by atoms with Crippen molar-refractivity contribution in [2.24, 2.45) is 0 Å². The normalized spacial score (nSPS) is 9.89. The second kappa shape index (κ2) is 5.15. The van der Waals surface area contributed by atoms with Gasteiger partial charge in [-0.1, -0.05) is 0 Å². The quantitative estimate of drug-likeness (QED) is 0.915. The molecule has 0 radical (unpaired) electrons. The van der Waals surface area contributed by atoms with E-state index in [0.29, 0.717) is 11.5 Å². The topological polar surface area (TPSA) is 48.7 Å². The van der Waals surface area contributed by atoms with E-state index in [1.165, 1.54) is 18.2 Å². The van der Waals surface area contributed by atoms with Crippen molar-refractivity contribution in [2.45, 2.75) is 6.92 Å². The molecule has 3 nitrogen and oxygen atoms in total.